The van der Waals surface area contributed by atoms with Crippen LogP contribution in [0.1, 0.15) is 5.69 Å². The van der Waals surface area contributed by atoms with Crippen molar-refractivity contribution in [1.29, 1.82) is 0 Å². The molecule has 0 atom stereocenters. The standard InChI is InChI=1S/C14H18N4O/c1-15-8-11-9-17-14(10-16-11)18(2)12-4-6-13(19-3)7-5-12/h4-7,9-10,15H,8H2,1-3H3. The van der Waals surface area contributed by atoms with Crippen LogP contribution in [-0.4, -0.2) is 31.2 Å². The monoisotopic (exact) mass is 258 g/mol. The van der Waals surface area contributed by atoms with Crippen molar-refractivity contribution in [2.45, 2.75) is 6.54 Å². The van der Waals surface area contributed by atoms with Gasteiger partial charge in [-0.25, -0.2) is 4.98 Å². The summed E-state index contributed by atoms with van der Waals surface area (Å²) in [4.78, 5) is 10.7. The van der Waals surface area contributed by atoms with E-state index >= 15 is 0 Å². The number of aromatic nitrogens is 2. The van der Waals surface area contributed by atoms with Gasteiger partial charge in [-0.3, -0.25) is 4.98 Å². The second kappa shape index (κ2) is 6.15. The lowest BCUT2D eigenvalue weighted by molar-refractivity contribution is 0.415. The van der Waals surface area contributed by atoms with Crippen LogP contribution in [0.2, 0.25) is 0 Å². The topological polar surface area (TPSA) is 50.3 Å². The first kappa shape index (κ1) is 13.3. The second-order valence-corrected chi connectivity index (χ2v) is 4.15. The van der Waals surface area contributed by atoms with E-state index in [0.29, 0.717) is 0 Å². The van der Waals surface area contributed by atoms with Gasteiger partial charge in [-0.1, -0.05) is 0 Å². The zero-order valence-electron chi connectivity index (χ0n) is 11.4. The third kappa shape index (κ3) is 3.20. The van der Waals surface area contributed by atoms with Gasteiger partial charge in [0.25, 0.3) is 0 Å². The molecular formula is C14H18N4O. The summed E-state index contributed by atoms with van der Waals surface area (Å²) >= 11 is 0. The molecule has 5 nitrogen and oxygen atoms in total. The van der Waals surface area contributed by atoms with Crippen molar-refractivity contribution in [2.75, 3.05) is 26.1 Å². The Morgan fingerprint density at radius 1 is 1.16 bits per heavy atom. The lowest BCUT2D eigenvalue weighted by atomic mass is 10.3. The summed E-state index contributed by atoms with van der Waals surface area (Å²) in [5, 5.41) is 3.05. The maximum atomic E-state index is 5.14. The van der Waals surface area contributed by atoms with E-state index in [0.717, 1.165) is 29.5 Å². The normalized spacial score (nSPS) is 10.3. The van der Waals surface area contributed by atoms with Gasteiger partial charge < -0.3 is 15.0 Å². The summed E-state index contributed by atoms with van der Waals surface area (Å²) in [6.45, 7) is 0.722. The van der Waals surface area contributed by atoms with E-state index in [1.807, 2.05) is 43.3 Å². The Balaban J connectivity index is 2.15. The van der Waals surface area contributed by atoms with Crippen molar-refractivity contribution < 1.29 is 4.74 Å². The smallest absolute Gasteiger partial charge is 0.151 e. The quantitative estimate of drug-likeness (QED) is 0.888. The molecule has 1 aromatic carbocycles. The first-order valence-corrected chi connectivity index (χ1v) is 6.08. The van der Waals surface area contributed by atoms with Gasteiger partial charge in [0.2, 0.25) is 0 Å². The first-order chi connectivity index (χ1) is 9.24. The fourth-order valence-electron chi connectivity index (χ4n) is 1.73. The molecular weight excluding hydrogens is 240 g/mol. The highest BCUT2D eigenvalue weighted by Gasteiger charge is 2.06. The van der Waals surface area contributed by atoms with Crippen molar-refractivity contribution >= 4 is 11.5 Å². The van der Waals surface area contributed by atoms with Crippen LogP contribution in [0.25, 0.3) is 0 Å². The largest absolute Gasteiger partial charge is 0.497 e. The molecule has 1 heterocycles. The van der Waals surface area contributed by atoms with Gasteiger partial charge in [-0.2, -0.15) is 0 Å². The highest BCUT2D eigenvalue weighted by Crippen LogP contribution is 2.23. The van der Waals surface area contributed by atoms with Gasteiger partial charge in [-0.05, 0) is 31.3 Å². The van der Waals surface area contributed by atoms with Crippen LogP contribution in [0.3, 0.4) is 0 Å². The Hall–Kier alpha value is -2.14. The highest BCUT2D eigenvalue weighted by atomic mass is 16.5. The van der Waals surface area contributed by atoms with Crippen molar-refractivity contribution in [1.82, 2.24) is 15.3 Å². The van der Waals surface area contributed by atoms with Crippen molar-refractivity contribution in [3.63, 3.8) is 0 Å². The lowest BCUT2D eigenvalue weighted by Gasteiger charge is -2.18. The number of nitrogens with one attached hydrogen (secondary N) is 1. The van der Waals surface area contributed by atoms with Crippen LogP contribution in [-0.2, 0) is 6.54 Å². The van der Waals surface area contributed by atoms with E-state index in [9.17, 15) is 0 Å². The molecule has 100 valence electrons. The van der Waals surface area contributed by atoms with Crippen LogP contribution >= 0.6 is 0 Å². The predicted octanol–water partition coefficient (Wildman–Crippen LogP) is 1.97. The molecule has 5 heteroatoms. The van der Waals surface area contributed by atoms with Crippen molar-refractivity contribution in [3.8, 4) is 5.75 Å². The Labute approximate surface area is 113 Å². The molecule has 2 rings (SSSR count). The minimum absolute atomic E-state index is 0.722. The molecule has 0 aliphatic rings. The van der Waals surface area contributed by atoms with Crippen molar-refractivity contribution in [3.05, 3.63) is 42.4 Å². The van der Waals surface area contributed by atoms with Gasteiger partial charge in [0.15, 0.2) is 5.82 Å². The van der Waals surface area contributed by atoms with E-state index in [-0.39, 0.29) is 0 Å². The molecule has 0 saturated heterocycles. The molecule has 0 unspecified atom stereocenters. The Bertz CT molecular complexity index is 510. The fourth-order valence-corrected chi connectivity index (χ4v) is 1.73. The van der Waals surface area contributed by atoms with E-state index in [1.54, 1.807) is 19.5 Å². The average molecular weight is 258 g/mol. The maximum absolute atomic E-state index is 5.14. The number of rotatable bonds is 5. The molecule has 2 aromatic rings. The molecule has 0 bridgehead atoms. The molecule has 0 aliphatic heterocycles. The zero-order chi connectivity index (χ0) is 13.7. The van der Waals surface area contributed by atoms with Crippen LogP contribution in [0.4, 0.5) is 11.5 Å². The molecule has 0 saturated carbocycles. The Kier molecular flexibility index (Phi) is 4.30. The molecule has 0 radical (unpaired) electrons. The van der Waals surface area contributed by atoms with Crippen molar-refractivity contribution in [2.24, 2.45) is 0 Å². The number of benzene rings is 1. The minimum atomic E-state index is 0.722. The van der Waals surface area contributed by atoms with E-state index in [4.69, 9.17) is 4.74 Å². The first-order valence-electron chi connectivity index (χ1n) is 6.08. The lowest BCUT2D eigenvalue weighted by Crippen LogP contribution is -2.13. The maximum Gasteiger partial charge on any atom is 0.151 e. The molecule has 0 spiro atoms. The number of anilines is 2. The van der Waals surface area contributed by atoms with E-state index in [2.05, 4.69) is 15.3 Å². The summed E-state index contributed by atoms with van der Waals surface area (Å²) in [6, 6.07) is 7.83. The predicted molar refractivity (Wildman–Crippen MR) is 75.9 cm³/mol. The Morgan fingerprint density at radius 3 is 2.42 bits per heavy atom. The molecule has 0 amide bonds. The van der Waals surface area contributed by atoms with Gasteiger partial charge in [0, 0.05) is 19.3 Å². The third-order valence-corrected chi connectivity index (χ3v) is 2.85. The average Bonchev–Trinajstić information content (AvgIpc) is 2.48. The highest BCUT2D eigenvalue weighted by molar-refractivity contribution is 5.59. The number of methoxy groups -OCH3 is 1. The molecule has 19 heavy (non-hydrogen) atoms. The van der Waals surface area contributed by atoms with Gasteiger partial charge >= 0.3 is 0 Å². The van der Waals surface area contributed by atoms with Crippen LogP contribution in [0, 0.1) is 0 Å². The number of ether oxygens (including phenoxy) is 1. The van der Waals surface area contributed by atoms with Gasteiger partial charge in [0.1, 0.15) is 5.75 Å². The molecule has 0 fully saturated rings. The number of nitrogens with zero attached hydrogens (tertiary/aromatic N) is 3. The summed E-state index contributed by atoms with van der Waals surface area (Å²) in [5.74, 6) is 1.65. The van der Waals surface area contributed by atoms with E-state index in [1.165, 1.54) is 0 Å². The van der Waals surface area contributed by atoms with Crippen LogP contribution in [0.15, 0.2) is 36.7 Å². The summed E-state index contributed by atoms with van der Waals surface area (Å²) in [5.41, 5.74) is 1.96. The summed E-state index contributed by atoms with van der Waals surface area (Å²) in [6.07, 6.45) is 3.56. The summed E-state index contributed by atoms with van der Waals surface area (Å²) < 4.78 is 5.14. The third-order valence-electron chi connectivity index (χ3n) is 2.85. The fraction of sp³-hybridized carbons (Fsp3) is 0.286. The van der Waals surface area contributed by atoms with Gasteiger partial charge in [0.05, 0.1) is 25.2 Å². The SMILES string of the molecule is CNCc1cnc(N(C)c2ccc(OC)cc2)cn1. The minimum Gasteiger partial charge on any atom is -0.497 e. The number of hydrogen-bond acceptors (Lipinski definition) is 5. The zero-order valence-corrected chi connectivity index (χ0v) is 11.4. The molecule has 1 N–H and O–H groups in total. The summed E-state index contributed by atoms with van der Waals surface area (Å²) in [7, 11) is 5.51. The van der Waals surface area contributed by atoms with Crippen LogP contribution in [0.5, 0.6) is 5.75 Å². The molecule has 1 aromatic heterocycles. The van der Waals surface area contributed by atoms with E-state index < -0.39 is 0 Å². The van der Waals surface area contributed by atoms with Gasteiger partial charge in [-0.15, -0.1) is 0 Å². The molecule has 0 aliphatic carbocycles. The van der Waals surface area contributed by atoms with Crippen LogP contribution < -0.4 is 15.0 Å². The second-order valence-electron chi connectivity index (χ2n) is 4.15. The number of hydrogen-bond donors (Lipinski definition) is 1. The Morgan fingerprint density at radius 2 is 1.89 bits per heavy atom.